The number of hydrogen-bond acceptors (Lipinski definition) is 3. The van der Waals surface area contributed by atoms with Crippen molar-refractivity contribution in [3.8, 4) is 0 Å². The molecule has 1 heterocycles. The van der Waals surface area contributed by atoms with E-state index >= 15 is 0 Å². The zero-order valence-corrected chi connectivity index (χ0v) is 12.4. The molecule has 104 valence electrons. The zero-order chi connectivity index (χ0) is 14.5. The lowest BCUT2D eigenvalue weighted by molar-refractivity contribution is 0.315. The lowest BCUT2D eigenvalue weighted by Gasteiger charge is -2.03. The molecule has 0 aliphatic rings. The van der Waals surface area contributed by atoms with Gasteiger partial charge in [0.05, 0.1) is 5.02 Å². The minimum absolute atomic E-state index is 0.528. The van der Waals surface area contributed by atoms with Crippen LogP contribution in [-0.4, -0.2) is 10.3 Å². The van der Waals surface area contributed by atoms with Crippen molar-refractivity contribution in [3.05, 3.63) is 53.1 Å². The quantitative estimate of drug-likeness (QED) is 0.711. The fraction of sp³-hybridized carbons (Fsp3) is 0.250. The van der Waals surface area contributed by atoms with Crippen molar-refractivity contribution in [3.63, 3.8) is 0 Å². The summed E-state index contributed by atoms with van der Waals surface area (Å²) >= 11 is 6.18. The van der Waals surface area contributed by atoms with Crippen LogP contribution in [0.5, 0.6) is 0 Å². The van der Waals surface area contributed by atoms with E-state index in [1.165, 1.54) is 5.57 Å². The first-order valence-corrected chi connectivity index (χ1v) is 6.95. The Bertz CT molecular complexity index is 683. The van der Waals surface area contributed by atoms with Crippen molar-refractivity contribution in [1.29, 1.82) is 0 Å². The fourth-order valence-corrected chi connectivity index (χ4v) is 2.26. The van der Waals surface area contributed by atoms with Crippen molar-refractivity contribution in [2.45, 2.75) is 26.7 Å². The molecule has 0 fully saturated rings. The average Bonchev–Trinajstić information content (AvgIpc) is 2.88. The van der Waals surface area contributed by atoms with Gasteiger partial charge >= 0.3 is 0 Å². The molecule has 4 heteroatoms. The van der Waals surface area contributed by atoms with Crippen molar-refractivity contribution < 1.29 is 4.63 Å². The number of rotatable bonds is 5. The maximum absolute atomic E-state index is 6.18. The van der Waals surface area contributed by atoms with Crippen molar-refractivity contribution in [2.24, 2.45) is 0 Å². The molecule has 0 aliphatic heterocycles. The Hall–Kier alpha value is -1.87. The lowest BCUT2D eigenvalue weighted by atomic mass is 10.0. The van der Waals surface area contributed by atoms with Gasteiger partial charge in [0.15, 0.2) is 5.52 Å². The fourth-order valence-electron chi connectivity index (χ4n) is 2.01. The van der Waals surface area contributed by atoms with E-state index in [0.29, 0.717) is 16.1 Å². The molecule has 0 saturated heterocycles. The molecule has 0 amide bonds. The van der Waals surface area contributed by atoms with Gasteiger partial charge in [0.2, 0.25) is 0 Å². The number of nitrogens with zero attached hydrogens (tertiary/aromatic N) is 2. The van der Waals surface area contributed by atoms with Crippen LogP contribution in [0.4, 0.5) is 0 Å². The molecule has 0 bridgehead atoms. The topological polar surface area (TPSA) is 38.9 Å². The first-order valence-electron chi connectivity index (χ1n) is 6.57. The van der Waals surface area contributed by atoms with Gasteiger partial charge in [-0.25, -0.2) is 4.63 Å². The zero-order valence-electron chi connectivity index (χ0n) is 11.7. The van der Waals surface area contributed by atoms with Crippen LogP contribution in [0.1, 0.15) is 32.3 Å². The summed E-state index contributed by atoms with van der Waals surface area (Å²) in [4.78, 5) is 0. The van der Waals surface area contributed by atoms with Gasteiger partial charge in [0.25, 0.3) is 0 Å². The predicted molar refractivity (Wildman–Crippen MR) is 83.7 cm³/mol. The molecule has 20 heavy (non-hydrogen) atoms. The third-order valence-electron chi connectivity index (χ3n) is 3.06. The minimum Gasteiger partial charge on any atom is -0.243 e. The lowest BCUT2D eigenvalue weighted by Crippen LogP contribution is -1.83. The molecule has 0 N–H and O–H groups in total. The van der Waals surface area contributed by atoms with E-state index in [1.807, 2.05) is 18.2 Å². The Morgan fingerprint density at radius 2 is 2.15 bits per heavy atom. The van der Waals surface area contributed by atoms with E-state index < -0.39 is 0 Å². The third kappa shape index (κ3) is 3.17. The summed E-state index contributed by atoms with van der Waals surface area (Å²) in [5, 5.41) is 8.13. The maximum atomic E-state index is 6.18. The molecule has 0 spiro atoms. The standard InChI is InChI=1S/C16H17ClN2O/c1-4-6-11(3)7-8-12(5-2)13-9-14(17)16-15(10-13)18-20-19-16/h5,7-10H,2,4,6H2,1,3H3/b11-7+,12-8+. The SMILES string of the molecule is C=C/C(=C\C=C(/C)CCC)c1cc(Cl)c2nonc2c1. The second-order valence-corrected chi connectivity index (χ2v) is 5.09. The molecule has 0 atom stereocenters. The van der Waals surface area contributed by atoms with Gasteiger partial charge in [0.1, 0.15) is 5.52 Å². The van der Waals surface area contributed by atoms with Crippen molar-refractivity contribution >= 4 is 28.2 Å². The van der Waals surface area contributed by atoms with Crippen LogP contribution in [0.2, 0.25) is 5.02 Å². The highest BCUT2D eigenvalue weighted by Gasteiger charge is 2.08. The van der Waals surface area contributed by atoms with Gasteiger partial charge in [-0.05, 0) is 46.9 Å². The van der Waals surface area contributed by atoms with Crippen LogP contribution in [-0.2, 0) is 0 Å². The number of halogens is 1. The monoisotopic (exact) mass is 288 g/mol. The van der Waals surface area contributed by atoms with Crippen LogP contribution in [0.3, 0.4) is 0 Å². The van der Waals surface area contributed by atoms with E-state index in [-0.39, 0.29) is 0 Å². The van der Waals surface area contributed by atoms with E-state index in [2.05, 4.69) is 36.8 Å². The molecule has 0 aliphatic carbocycles. The van der Waals surface area contributed by atoms with Crippen LogP contribution in [0, 0.1) is 0 Å². The highest BCUT2D eigenvalue weighted by molar-refractivity contribution is 6.35. The molecular formula is C16H17ClN2O. The summed E-state index contributed by atoms with van der Waals surface area (Å²) in [5.41, 5.74) is 4.51. The Balaban J connectivity index is 2.41. The summed E-state index contributed by atoms with van der Waals surface area (Å²) in [5.74, 6) is 0. The molecule has 0 radical (unpaired) electrons. The highest BCUT2D eigenvalue weighted by Crippen LogP contribution is 2.27. The van der Waals surface area contributed by atoms with Crippen LogP contribution in [0.15, 0.2) is 47.1 Å². The summed E-state index contributed by atoms with van der Waals surface area (Å²) < 4.78 is 4.70. The van der Waals surface area contributed by atoms with E-state index in [4.69, 9.17) is 16.2 Å². The van der Waals surface area contributed by atoms with Crippen LogP contribution < -0.4 is 0 Å². The van der Waals surface area contributed by atoms with Crippen LogP contribution >= 0.6 is 11.6 Å². The Morgan fingerprint density at radius 3 is 2.85 bits per heavy atom. The molecule has 1 aromatic carbocycles. The normalized spacial score (nSPS) is 12.9. The average molecular weight is 289 g/mol. The number of allylic oxidation sites excluding steroid dienone is 5. The Morgan fingerprint density at radius 1 is 1.35 bits per heavy atom. The van der Waals surface area contributed by atoms with Gasteiger partial charge in [-0.1, -0.05) is 55.3 Å². The molecule has 3 nitrogen and oxygen atoms in total. The smallest absolute Gasteiger partial charge is 0.153 e. The summed E-state index contributed by atoms with van der Waals surface area (Å²) in [6.07, 6.45) is 8.19. The van der Waals surface area contributed by atoms with E-state index in [1.54, 1.807) is 6.08 Å². The second kappa shape index (κ2) is 6.53. The molecule has 0 unspecified atom stereocenters. The van der Waals surface area contributed by atoms with Gasteiger partial charge < -0.3 is 0 Å². The minimum atomic E-state index is 0.528. The first-order chi connectivity index (χ1) is 9.65. The Kier molecular flexibility index (Phi) is 4.74. The van der Waals surface area contributed by atoms with E-state index in [9.17, 15) is 0 Å². The molecular weight excluding hydrogens is 272 g/mol. The van der Waals surface area contributed by atoms with Gasteiger partial charge in [0, 0.05) is 0 Å². The largest absolute Gasteiger partial charge is 0.243 e. The molecule has 1 aromatic heterocycles. The first kappa shape index (κ1) is 14.5. The number of hydrogen-bond donors (Lipinski definition) is 0. The molecule has 0 saturated carbocycles. The molecule has 2 rings (SSSR count). The van der Waals surface area contributed by atoms with Crippen molar-refractivity contribution in [1.82, 2.24) is 10.3 Å². The van der Waals surface area contributed by atoms with Crippen molar-refractivity contribution in [2.75, 3.05) is 0 Å². The summed E-state index contributed by atoms with van der Waals surface area (Å²) in [6.45, 7) is 8.15. The second-order valence-electron chi connectivity index (χ2n) is 4.68. The summed E-state index contributed by atoms with van der Waals surface area (Å²) in [6, 6.07) is 3.75. The molecule has 2 aromatic rings. The maximum Gasteiger partial charge on any atom is 0.153 e. The number of aromatic nitrogens is 2. The van der Waals surface area contributed by atoms with Crippen LogP contribution in [0.25, 0.3) is 16.6 Å². The van der Waals surface area contributed by atoms with Gasteiger partial charge in [-0.15, -0.1) is 0 Å². The number of fused-ring (bicyclic) bond motifs is 1. The highest BCUT2D eigenvalue weighted by atomic mass is 35.5. The predicted octanol–water partition coefficient (Wildman–Crippen LogP) is 5.19. The Labute approximate surface area is 123 Å². The number of benzene rings is 1. The van der Waals surface area contributed by atoms with Gasteiger partial charge in [-0.2, -0.15) is 0 Å². The van der Waals surface area contributed by atoms with E-state index in [0.717, 1.165) is 24.0 Å². The summed E-state index contributed by atoms with van der Waals surface area (Å²) in [7, 11) is 0. The van der Waals surface area contributed by atoms with Gasteiger partial charge in [-0.3, -0.25) is 0 Å². The third-order valence-corrected chi connectivity index (χ3v) is 3.35.